The number of carbonyl (C=O) groups is 1. The van der Waals surface area contributed by atoms with Crippen LogP contribution in [-0.4, -0.2) is 46.1 Å². The lowest BCUT2D eigenvalue weighted by atomic mass is 10.1. The van der Waals surface area contributed by atoms with E-state index in [1.54, 1.807) is 13.2 Å². The predicted octanol–water partition coefficient (Wildman–Crippen LogP) is 1.40. The minimum atomic E-state index is -0.300. The predicted molar refractivity (Wildman–Crippen MR) is 76.8 cm³/mol. The van der Waals surface area contributed by atoms with Crippen molar-refractivity contribution in [2.45, 2.75) is 12.8 Å². The molecule has 0 fully saturated rings. The van der Waals surface area contributed by atoms with Crippen LogP contribution in [0.5, 0.6) is 0 Å². The SMILES string of the molecule is COCCOCCCOC(=O)c1ccccc1CCN. The molecule has 1 aromatic rings. The van der Waals surface area contributed by atoms with Crippen LogP contribution in [0.4, 0.5) is 0 Å². The van der Waals surface area contributed by atoms with Gasteiger partial charge in [0.15, 0.2) is 0 Å². The molecule has 0 spiro atoms. The van der Waals surface area contributed by atoms with Gasteiger partial charge in [0.25, 0.3) is 0 Å². The summed E-state index contributed by atoms with van der Waals surface area (Å²) in [6, 6.07) is 7.38. The molecule has 0 saturated heterocycles. The van der Waals surface area contributed by atoms with E-state index in [0.29, 0.717) is 51.4 Å². The van der Waals surface area contributed by atoms with Crippen molar-refractivity contribution in [3.05, 3.63) is 35.4 Å². The van der Waals surface area contributed by atoms with Gasteiger partial charge in [-0.2, -0.15) is 0 Å². The average molecular weight is 281 g/mol. The van der Waals surface area contributed by atoms with E-state index >= 15 is 0 Å². The third kappa shape index (κ3) is 6.14. The fourth-order valence-corrected chi connectivity index (χ4v) is 1.74. The van der Waals surface area contributed by atoms with E-state index in [0.717, 1.165) is 5.56 Å². The first-order chi connectivity index (χ1) is 9.79. The first kappa shape index (κ1) is 16.6. The van der Waals surface area contributed by atoms with E-state index in [1.165, 1.54) is 0 Å². The van der Waals surface area contributed by atoms with Gasteiger partial charge < -0.3 is 19.9 Å². The second-order valence-electron chi connectivity index (χ2n) is 4.29. The van der Waals surface area contributed by atoms with Gasteiger partial charge in [0.05, 0.1) is 25.4 Å². The minimum absolute atomic E-state index is 0.300. The Hall–Kier alpha value is -1.43. The maximum Gasteiger partial charge on any atom is 0.338 e. The molecule has 0 aliphatic carbocycles. The van der Waals surface area contributed by atoms with Gasteiger partial charge in [-0.25, -0.2) is 4.79 Å². The number of esters is 1. The molecule has 0 aromatic heterocycles. The van der Waals surface area contributed by atoms with Gasteiger partial charge in [-0.05, 0) is 24.6 Å². The van der Waals surface area contributed by atoms with Crippen molar-refractivity contribution in [2.75, 3.05) is 40.1 Å². The topological polar surface area (TPSA) is 70.8 Å². The molecule has 1 aromatic carbocycles. The second-order valence-corrected chi connectivity index (χ2v) is 4.29. The molecule has 20 heavy (non-hydrogen) atoms. The molecular formula is C15H23NO4. The number of hydrogen-bond acceptors (Lipinski definition) is 5. The van der Waals surface area contributed by atoms with Crippen LogP contribution in [0.1, 0.15) is 22.3 Å². The zero-order chi connectivity index (χ0) is 14.6. The molecule has 5 heteroatoms. The van der Waals surface area contributed by atoms with Gasteiger partial charge >= 0.3 is 5.97 Å². The maximum atomic E-state index is 12.0. The molecule has 0 atom stereocenters. The highest BCUT2D eigenvalue weighted by atomic mass is 16.5. The van der Waals surface area contributed by atoms with Gasteiger partial charge in [0.2, 0.25) is 0 Å². The summed E-state index contributed by atoms with van der Waals surface area (Å²) < 4.78 is 15.4. The molecule has 0 aliphatic heterocycles. The Morgan fingerprint density at radius 2 is 1.95 bits per heavy atom. The van der Waals surface area contributed by atoms with Crippen molar-refractivity contribution in [1.29, 1.82) is 0 Å². The highest BCUT2D eigenvalue weighted by Gasteiger charge is 2.11. The minimum Gasteiger partial charge on any atom is -0.462 e. The Kier molecular flexibility index (Phi) is 8.62. The molecule has 5 nitrogen and oxygen atoms in total. The van der Waals surface area contributed by atoms with Gasteiger partial charge in [-0.1, -0.05) is 18.2 Å². The van der Waals surface area contributed by atoms with Crippen LogP contribution in [-0.2, 0) is 20.6 Å². The third-order valence-electron chi connectivity index (χ3n) is 2.75. The van der Waals surface area contributed by atoms with Gasteiger partial charge in [0.1, 0.15) is 0 Å². The summed E-state index contributed by atoms with van der Waals surface area (Å²) in [5, 5.41) is 0. The molecule has 0 aliphatic rings. The molecule has 1 rings (SSSR count). The van der Waals surface area contributed by atoms with Crippen molar-refractivity contribution < 1.29 is 19.0 Å². The standard InChI is InChI=1S/C15H23NO4/c1-18-11-12-19-9-4-10-20-15(17)14-6-3-2-5-13(14)7-8-16/h2-3,5-6H,4,7-12,16H2,1H3. The van der Waals surface area contributed by atoms with E-state index in [-0.39, 0.29) is 5.97 Å². The van der Waals surface area contributed by atoms with Crippen LogP contribution in [0, 0.1) is 0 Å². The highest BCUT2D eigenvalue weighted by molar-refractivity contribution is 5.91. The third-order valence-corrected chi connectivity index (χ3v) is 2.75. The Bertz CT molecular complexity index is 395. The highest BCUT2D eigenvalue weighted by Crippen LogP contribution is 2.10. The lowest BCUT2D eigenvalue weighted by molar-refractivity contribution is 0.0384. The lowest BCUT2D eigenvalue weighted by Crippen LogP contribution is -2.13. The van der Waals surface area contributed by atoms with Crippen molar-refractivity contribution in [1.82, 2.24) is 0 Å². The summed E-state index contributed by atoms with van der Waals surface area (Å²) in [7, 11) is 1.63. The largest absolute Gasteiger partial charge is 0.462 e. The molecule has 0 radical (unpaired) electrons. The summed E-state index contributed by atoms with van der Waals surface area (Å²) >= 11 is 0. The zero-order valence-corrected chi connectivity index (χ0v) is 12.0. The number of hydrogen-bond donors (Lipinski definition) is 1. The van der Waals surface area contributed by atoms with E-state index in [1.807, 2.05) is 18.2 Å². The van der Waals surface area contributed by atoms with Gasteiger partial charge in [-0.3, -0.25) is 0 Å². The molecule has 0 heterocycles. The summed E-state index contributed by atoms with van der Waals surface area (Å²) in [5.74, 6) is -0.300. The smallest absolute Gasteiger partial charge is 0.338 e. The number of nitrogens with two attached hydrogens (primary N) is 1. The van der Waals surface area contributed by atoms with E-state index < -0.39 is 0 Å². The maximum absolute atomic E-state index is 12.0. The summed E-state index contributed by atoms with van der Waals surface area (Å²) in [6.07, 6.45) is 1.35. The van der Waals surface area contributed by atoms with E-state index in [9.17, 15) is 4.79 Å². The average Bonchev–Trinajstić information content (AvgIpc) is 2.47. The number of benzene rings is 1. The lowest BCUT2D eigenvalue weighted by Gasteiger charge is -2.09. The van der Waals surface area contributed by atoms with Crippen LogP contribution in [0.15, 0.2) is 24.3 Å². The summed E-state index contributed by atoms with van der Waals surface area (Å²) in [5.41, 5.74) is 7.05. The first-order valence-corrected chi connectivity index (χ1v) is 6.81. The van der Waals surface area contributed by atoms with Gasteiger partial charge in [0, 0.05) is 20.1 Å². The zero-order valence-electron chi connectivity index (χ0n) is 12.0. The molecular weight excluding hydrogens is 258 g/mol. The van der Waals surface area contributed by atoms with Crippen molar-refractivity contribution in [3.8, 4) is 0 Å². The van der Waals surface area contributed by atoms with Crippen molar-refractivity contribution in [2.24, 2.45) is 5.73 Å². The monoisotopic (exact) mass is 281 g/mol. The van der Waals surface area contributed by atoms with Gasteiger partial charge in [-0.15, -0.1) is 0 Å². The molecule has 0 bridgehead atoms. The number of rotatable bonds is 10. The van der Waals surface area contributed by atoms with Crippen LogP contribution in [0.3, 0.4) is 0 Å². The Morgan fingerprint density at radius 3 is 2.70 bits per heavy atom. The molecule has 0 amide bonds. The van der Waals surface area contributed by atoms with Crippen LogP contribution in [0.2, 0.25) is 0 Å². The van der Waals surface area contributed by atoms with Crippen LogP contribution in [0.25, 0.3) is 0 Å². The van der Waals surface area contributed by atoms with E-state index in [2.05, 4.69) is 0 Å². The fraction of sp³-hybridized carbons (Fsp3) is 0.533. The quantitative estimate of drug-likeness (QED) is 0.518. The van der Waals surface area contributed by atoms with Crippen molar-refractivity contribution in [3.63, 3.8) is 0 Å². The normalized spacial score (nSPS) is 10.5. The number of carbonyl (C=O) groups excluding carboxylic acids is 1. The molecule has 2 N–H and O–H groups in total. The van der Waals surface area contributed by atoms with Crippen LogP contribution >= 0.6 is 0 Å². The second kappa shape index (κ2) is 10.4. The molecule has 112 valence electrons. The fourth-order valence-electron chi connectivity index (χ4n) is 1.74. The number of methoxy groups -OCH3 is 1. The van der Waals surface area contributed by atoms with E-state index in [4.69, 9.17) is 19.9 Å². The Balaban J connectivity index is 2.29. The van der Waals surface area contributed by atoms with Crippen LogP contribution < -0.4 is 5.73 Å². The summed E-state index contributed by atoms with van der Waals surface area (Å²) in [4.78, 5) is 12.0. The Labute approximate surface area is 120 Å². The molecule has 0 saturated carbocycles. The Morgan fingerprint density at radius 1 is 1.15 bits per heavy atom. The van der Waals surface area contributed by atoms with Crippen molar-refractivity contribution >= 4 is 5.97 Å². The first-order valence-electron chi connectivity index (χ1n) is 6.81. The summed E-state index contributed by atoms with van der Waals surface area (Å²) in [6.45, 7) is 2.55. The number of ether oxygens (including phenoxy) is 3. The molecule has 0 unspecified atom stereocenters.